The molecule has 4 N–H and O–H groups in total. The van der Waals surface area contributed by atoms with E-state index in [1.807, 2.05) is 19.2 Å². The Balaban J connectivity index is 1.98. The Labute approximate surface area is 113 Å². The average molecular weight is 263 g/mol. The lowest BCUT2D eigenvalue weighted by Crippen LogP contribution is -2.37. The fraction of sp³-hybridized carbons (Fsp3) is 0.538. The van der Waals surface area contributed by atoms with Crippen LogP contribution in [-0.4, -0.2) is 48.7 Å². The van der Waals surface area contributed by atoms with Crippen molar-refractivity contribution in [3.05, 3.63) is 23.5 Å². The lowest BCUT2D eigenvalue weighted by molar-refractivity contribution is 0.0384. The molecule has 0 saturated carbocycles. The Morgan fingerprint density at radius 2 is 2.16 bits per heavy atom. The van der Waals surface area contributed by atoms with Crippen LogP contribution in [0.15, 0.2) is 17.3 Å². The van der Waals surface area contributed by atoms with E-state index in [-0.39, 0.29) is 5.96 Å². The summed E-state index contributed by atoms with van der Waals surface area (Å²) in [6, 6.07) is 2.00. The molecule has 2 heterocycles. The Bertz CT molecular complexity index is 450. The van der Waals surface area contributed by atoms with Crippen molar-refractivity contribution in [2.45, 2.75) is 13.3 Å². The van der Waals surface area contributed by atoms with Crippen molar-refractivity contribution in [1.82, 2.24) is 9.88 Å². The minimum atomic E-state index is 0.0650. The van der Waals surface area contributed by atoms with Crippen molar-refractivity contribution in [3.8, 4) is 0 Å². The third-order valence-electron chi connectivity index (χ3n) is 3.19. The number of nitrogens with zero attached hydrogens (tertiary/aromatic N) is 3. The number of guanidine groups is 1. The molecule has 0 aromatic carbocycles. The van der Waals surface area contributed by atoms with Crippen molar-refractivity contribution >= 4 is 11.6 Å². The van der Waals surface area contributed by atoms with Crippen molar-refractivity contribution in [3.63, 3.8) is 0 Å². The molecule has 0 radical (unpaired) electrons. The highest BCUT2D eigenvalue weighted by Gasteiger charge is 2.10. The molecule has 1 aromatic rings. The normalized spacial score (nSPS) is 16.3. The molecule has 0 unspecified atom stereocenters. The molecule has 0 bridgehead atoms. The topological polar surface area (TPSA) is 89.8 Å². The lowest BCUT2D eigenvalue weighted by Gasteiger charge is -2.26. The molecule has 1 fully saturated rings. The van der Waals surface area contributed by atoms with Gasteiger partial charge in [0.15, 0.2) is 5.96 Å². The van der Waals surface area contributed by atoms with E-state index in [9.17, 15) is 0 Å². The van der Waals surface area contributed by atoms with Gasteiger partial charge in [0.1, 0.15) is 0 Å². The predicted octanol–water partition coefficient (Wildman–Crippen LogP) is 0.170. The second-order valence-electron chi connectivity index (χ2n) is 4.69. The Morgan fingerprint density at radius 3 is 2.84 bits per heavy atom. The molecule has 0 spiro atoms. The number of nitrogens with two attached hydrogens (primary N) is 2. The molecule has 1 aliphatic heterocycles. The van der Waals surface area contributed by atoms with Crippen molar-refractivity contribution in [2.24, 2.45) is 16.5 Å². The highest BCUT2D eigenvalue weighted by molar-refractivity contribution is 5.79. The number of rotatable bonds is 4. The van der Waals surface area contributed by atoms with Gasteiger partial charge in [-0.15, -0.1) is 0 Å². The number of hydrogen-bond donors (Lipinski definition) is 2. The van der Waals surface area contributed by atoms with Crippen LogP contribution in [0.3, 0.4) is 0 Å². The van der Waals surface area contributed by atoms with Crippen LogP contribution in [0.1, 0.15) is 11.3 Å². The SMILES string of the molecule is Cc1ncc(CCN2CCOCC2)cc1N=C(N)N. The van der Waals surface area contributed by atoms with Crippen LogP contribution in [0.2, 0.25) is 0 Å². The number of pyridine rings is 1. The highest BCUT2D eigenvalue weighted by atomic mass is 16.5. The van der Waals surface area contributed by atoms with Crippen LogP contribution >= 0.6 is 0 Å². The number of morpholine rings is 1. The van der Waals surface area contributed by atoms with Gasteiger partial charge in [0.2, 0.25) is 0 Å². The van der Waals surface area contributed by atoms with Gasteiger partial charge in [-0.1, -0.05) is 0 Å². The van der Waals surface area contributed by atoms with E-state index < -0.39 is 0 Å². The first-order chi connectivity index (χ1) is 9.15. The van der Waals surface area contributed by atoms with Crippen LogP contribution in [-0.2, 0) is 11.2 Å². The zero-order chi connectivity index (χ0) is 13.7. The first-order valence-corrected chi connectivity index (χ1v) is 6.50. The lowest BCUT2D eigenvalue weighted by atomic mass is 10.1. The second kappa shape index (κ2) is 6.49. The molecule has 0 aliphatic carbocycles. The zero-order valence-corrected chi connectivity index (χ0v) is 11.3. The molecular weight excluding hydrogens is 242 g/mol. The van der Waals surface area contributed by atoms with Crippen LogP contribution in [0.5, 0.6) is 0 Å². The van der Waals surface area contributed by atoms with Crippen LogP contribution in [0.25, 0.3) is 0 Å². The minimum absolute atomic E-state index is 0.0650. The van der Waals surface area contributed by atoms with Gasteiger partial charge in [-0.05, 0) is 25.0 Å². The van der Waals surface area contributed by atoms with Crippen molar-refractivity contribution in [2.75, 3.05) is 32.8 Å². The van der Waals surface area contributed by atoms with Crippen LogP contribution < -0.4 is 11.5 Å². The Morgan fingerprint density at radius 1 is 1.42 bits per heavy atom. The summed E-state index contributed by atoms with van der Waals surface area (Å²) in [7, 11) is 0. The first kappa shape index (κ1) is 13.8. The maximum Gasteiger partial charge on any atom is 0.191 e. The van der Waals surface area contributed by atoms with E-state index >= 15 is 0 Å². The summed E-state index contributed by atoms with van der Waals surface area (Å²) >= 11 is 0. The van der Waals surface area contributed by atoms with E-state index in [1.165, 1.54) is 0 Å². The summed E-state index contributed by atoms with van der Waals surface area (Å²) in [6.45, 7) is 6.56. The van der Waals surface area contributed by atoms with Gasteiger partial charge in [0.25, 0.3) is 0 Å². The van der Waals surface area contributed by atoms with E-state index in [0.717, 1.165) is 56.2 Å². The molecule has 104 valence electrons. The average Bonchev–Trinajstić information content (AvgIpc) is 2.40. The van der Waals surface area contributed by atoms with E-state index in [1.54, 1.807) is 0 Å². The van der Waals surface area contributed by atoms with Gasteiger partial charge in [0, 0.05) is 25.8 Å². The molecule has 0 atom stereocenters. The molecule has 6 heteroatoms. The Kier molecular flexibility index (Phi) is 4.70. The van der Waals surface area contributed by atoms with E-state index in [2.05, 4.69) is 14.9 Å². The maximum absolute atomic E-state index is 5.41. The summed E-state index contributed by atoms with van der Waals surface area (Å²) < 4.78 is 5.33. The summed E-state index contributed by atoms with van der Waals surface area (Å²) in [5.41, 5.74) is 13.6. The van der Waals surface area contributed by atoms with Gasteiger partial charge in [0.05, 0.1) is 24.6 Å². The highest BCUT2D eigenvalue weighted by Crippen LogP contribution is 2.18. The summed E-state index contributed by atoms with van der Waals surface area (Å²) in [6.07, 6.45) is 2.84. The zero-order valence-electron chi connectivity index (χ0n) is 11.3. The van der Waals surface area contributed by atoms with Gasteiger partial charge < -0.3 is 16.2 Å². The molecule has 1 aliphatic rings. The van der Waals surface area contributed by atoms with E-state index in [4.69, 9.17) is 16.2 Å². The van der Waals surface area contributed by atoms with Gasteiger partial charge in [-0.25, -0.2) is 4.99 Å². The smallest absolute Gasteiger partial charge is 0.191 e. The summed E-state index contributed by atoms with van der Waals surface area (Å²) in [4.78, 5) is 10.8. The monoisotopic (exact) mass is 263 g/mol. The third-order valence-corrected chi connectivity index (χ3v) is 3.19. The fourth-order valence-corrected chi connectivity index (χ4v) is 2.06. The van der Waals surface area contributed by atoms with Crippen LogP contribution in [0, 0.1) is 6.92 Å². The van der Waals surface area contributed by atoms with E-state index in [0.29, 0.717) is 0 Å². The molecule has 6 nitrogen and oxygen atoms in total. The number of ether oxygens (including phenoxy) is 1. The minimum Gasteiger partial charge on any atom is -0.379 e. The maximum atomic E-state index is 5.41. The number of hydrogen-bond acceptors (Lipinski definition) is 4. The first-order valence-electron chi connectivity index (χ1n) is 6.50. The third kappa shape index (κ3) is 4.18. The molecule has 1 aromatic heterocycles. The fourth-order valence-electron chi connectivity index (χ4n) is 2.06. The molecule has 0 amide bonds. The Hall–Kier alpha value is -1.66. The number of aliphatic imine (C=N–C) groups is 1. The second-order valence-corrected chi connectivity index (χ2v) is 4.69. The largest absolute Gasteiger partial charge is 0.379 e. The summed E-state index contributed by atoms with van der Waals surface area (Å²) in [5.74, 6) is 0.0650. The number of aromatic nitrogens is 1. The predicted molar refractivity (Wildman–Crippen MR) is 75.4 cm³/mol. The van der Waals surface area contributed by atoms with Crippen molar-refractivity contribution < 1.29 is 4.74 Å². The molecular formula is C13H21N5O. The number of aryl methyl sites for hydroxylation is 1. The van der Waals surface area contributed by atoms with Crippen LogP contribution in [0.4, 0.5) is 5.69 Å². The van der Waals surface area contributed by atoms with Gasteiger partial charge in [-0.2, -0.15) is 0 Å². The van der Waals surface area contributed by atoms with Gasteiger partial charge in [-0.3, -0.25) is 9.88 Å². The molecule has 19 heavy (non-hydrogen) atoms. The molecule has 1 saturated heterocycles. The summed E-state index contributed by atoms with van der Waals surface area (Å²) in [5, 5.41) is 0. The van der Waals surface area contributed by atoms with Gasteiger partial charge >= 0.3 is 0 Å². The quantitative estimate of drug-likeness (QED) is 0.597. The standard InChI is InChI=1S/C13H21N5O/c1-10-12(17-13(14)15)8-11(9-16-10)2-3-18-4-6-19-7-5-18/h8-9H,2-7H2,1H3,(H4,14,15,17). The molecule has 2 rings (SSSR count). The van der Waals surface area contributed by atoms with Crippen molar-refractivity contribution in [1.29, 1.82) is 0 Å².